The molecule has 0 saturated carbocycles. The summed E-state index contributed by atoms with van der Waals surface area (Å²) in [5.41, 5.74) is 5.93. The number of nitrogens with two attached hydrogens (primary N) is 1. The zero-order valence-corrected chi connectivity index (χ0v) is 9.20. The molecule has 2 heteroatoms. The standard InChI is InChI=1S/C9H22NP/c1-8(2)7-9(10)5-6-11(3)4/h8-9H,5-7,10H2,1-4H3. The first kappa shape index (κ1) is 11.4. The van der Waals surface area contributed by atoms with Crippen LogP contribution in [0.5, 0.6) is 0 Å². The van der Waals surface area contributed by atoms with Gasteiger partial charge in [-0.2, -0.15) is 0 Å². The van der Waals surface area contributed by atoms with Crippen molar-refractivity contribution in [2.24, 2.45) is 11.7 Å². The van der Waals surface area contributed by atoms with Gasteiger partial charge in [-0.15, -0.1) is 7.92 Å². The predicted octanol–water partition coefficient (Wildman–Crippen LogP) is 2.49. The molecule has 11 heavy (non-hydrogen) atoms. The molecule has 0 rings (SSSR count). The summed E-state index contributed by atoms with van der Waals surface area (Å²) in [5.74, 6) is 0.755. The molecule has 0 amide bonds. The Labute approximate surface area is 72.5 Å². The van der Waals surface area contributed by atoms with Crippen LogP contribution in [0.4, 0.5) is 0 Å². The van der Waals surface area contributed by atoms with Gasteiger partial charge in [-0.3, -0.25) is 0 Å². The van der Waals surface area contributed by atoms with E-state index in [0.717, 1.165) is 5.92 Å². The van der Waals surface area contributed by atoms with E-state index in [4.69, 9.17) is 5.73 Å². The van der Waals surface area contributed by atoms with E-state index in [1.165, 1.54) is 19.0 Å². The van der Waals surface area contributed by atoms with E-state index in [-0.39, 0.29) is 7.92 Å². The maximum atomic E-state index is 5.93. The Morgan fingerprint density at radius 1 is 1.27 bits per heavy atom. The lowest BCUT2D eigenvalue weighted by Crippen LogP contribution is -2.22. The lowest BCUT2D eigenvalue weighted by Gasteiger charge is -2.14. The molecular weight excluding hydrogens is 153 g/mol. The molecule has 0 aliphatic rings. The molecule has 1 unspecified atom stereocenters. The second-order valence-corrected chi connectivity index (χ2v) is 6.59. The molecule has 0 aromatic carbocycles. The molecule has 0 aromatic rings. The molecule has 0 aliphatic carbocycles. The van der Waals surface area contributed by atoms with Crippen LogP contribution in [0.15, 0.2) is 0 Å². The molecule has 68 valence electrons. The molecule has 0 spiro atoms. The molecule has 1 nitrogen and oxygen atoms in total. The number of hydrogen-bond acceptors (Lipinski definition) is 1. The molecule has 0 aliphatic heterocycles. The van der Waals surface area contributed by atoms with Crippen molar-refractivity contribution in [2.45, 2.75) is 32.7 Å². The molecule has 0 saturated heterocycles. The summed E-state index contributed by atoms with van der Waals surface area (Å²) in [5, 5.41) is 0. The van der Waals surface area contributed by atoms with Crippen LogP contribution < -0.4 is 5.73 Å². The highest BCUT2D eigenvalue weighted by molar-refractivity contribution is 7.55. The fourth-order valence-electron chi connectivity index (χ4n) is 1.15. The van der Waals surface area contributed by atoms with E-state index >= 15 is 0 Å². The topological polar surface area (TPSA) is 26.0 Å². The smallest absolute Gasteiger partial charge is 0.00446 e. The van der Waals surface area contributed by atoms with Gasteiger partial charge in [0, 0.05) is 6.04 Å². The zero-order chi connectivity index (χ0) is 8.85. The van der Waals surface area contributed by atoms with Gasteiger partial charge in [0.05, 0.1) is 0 Å². The van der Waals surface area contributed by atoms with Crippen LogP contribution in [0.1, 0.15) is 26.7 Å². The predicted molar refractivity (Wildman–Crippen MR) is 55.7 cm³/mol. The highest BCUT2D eigenvalue weighted by Gasteiger charge is 2.05. The van der Waals surface area contributed by atoms with E-state index < -0.39 is 0 Å². The van der Waals surface area contributed by atoms with Crippen LogP contribution in [0.25, 0.3) is 0 Å². The normalized spacial score (nSPS) is 14.5. The van der Waals surface area contributed by atoms with Gasteiger partial charge in [0.1, 0.15) is 0 Å². The highest BCUT2D eigenvalue weighted by atomic mass is 31.1. The summed E-state index contributed by atoms with van der Waals surface area (Å²) in [6, 6.07) is 0.444. The maximum absolute atomic E-state index is 5.93. The minimum absolute atomic E-state index is 0.262. The SMILES string of the molecule is CC(C)CC(N)CCP(C)C. The Balaban J connectivity index is 3.29. The summed E-state index contributed by atoms with van der Waals surface area (Å²) < 4.78 is 0. The fraction of sp³-hybridized carbons (Fsp3) is 1.00. The first-order valence-corrected chi connectivity index (χ1v) is 6.84. The third-order valence-corrected chi connectivity index (χ3v) is 2.87. The van der Waals surface area contributed by atoms with E-state index in [1.54, 1.807) is 0 Å². The molecule has 0 aromatic heterocycles. The Morgan fingerprint density at radius 2 is 1.82 bits per heavy atom. The third kappa shape index (κ3) is 8.29. The summed E-state index contributed by atoms with van der Waals surface area (Å²) in [4.78, 5) is 0. The fourth-order valence-corrected chi connectivity index (χ4v) is 2.00. The van der Waals surface area contributed by atoms with Crippen molar-refractivity contribution < 1.29 is 0 Å². The Kier molecular flexibility index (Phi) is 6.18. The van der Waals surface area contributed by atoms with Crippen molar-refractivity contribution in [1.29, 1.82) is 0 Å². The van der Waals surface area contributed by atoms with Crippen LogP contribution in [0.3, 0.4) is 0 Å². The van der Waals surface area contributed by atoms with E-state index in [1.807, 2.05) is 0 Å². The molecular formula is C9H22NP. The molecule has 0 radical (unpaired) electrons. The monoisotopic (exact) mass is 175 g/mol. The maximum Gasteiger partial charge on any atom is 0.00446 e. The van der Waals surface area contributed by atoms with Gasteiger partial charge in [0.15, 0.2) is 0 Å². The van der Waals surface area contributed by atoms with Crippen LogP contribution >= 0.6 is 7.92 Å². The van der Waals surface area contributed by atoms with Gasteiger partial charge in [-0.05, 0) is 38.3 Å². The molecule has 0 fully saturated rings. The van der Waals surface area contributed by atoms with Gasteiger partial charge < -0.3 is 5.73 Å². The van der Waals surface area contributed by atoms with E-state index in [0.29, 0.717) is 6.04 Å². The average molecular weight is 175 g/mol. The highest BCUT2D eigenvalue weighted by Crippen LogP contribution is 2.26. The van der Waals surface area contributed by atoms with Crippen LogP contribution in [0.2, 0.25) is 0 Å². The Hall–Kier alpha value is 0.390. The number of hydrogen-bond donors (Lipinski definition) is 1. The molecule has 0 heterocycles. The Morgan fingerprint density at radius 3 is 2.18 bits per heavy atom. The van der Waals surface area contributed by atoms with E-state index in [9.17, 15) is 0 Å². The minimum Gasteiger partial charge on any atom is -0.328 e. The second-order valence-electron chi connectivity index (χ2n) is 3.98. The van der Waals surface area contributed by atoms with Gasteiger partial charge >= 0.3 is 0 Å². The molecule has 1 atom stereocenters. The van der Waals surface area contributed by atoms with Crippen molar-refractivity contribution in [3.05, 3.63) is 0 Å². The lowest BCUT2D eigenvalue weighted by molar-refractivity contribution is 0.487. The van der Waals surface area contributed by atoms with Gasteiger partial charge in [-0.1, -0.05) is 13.8 Å². The van der Waals surface area contributed by atoms with Gasteiger partial charge in [0.25, 0.3) is 0 Å². The minimum atomic E-state index is 0.262. The lowest BCUT2D eigenvalue weighted by atomic mass is 10.0. The van der Waals surface area contributed by atoms with Crippen molar-refractivity contribution >= 4 is 7.92 Å². The van der Waals surface area contributed by atoms with Crippen LogP contribution in [-0.2, 0) is 0 Å². The van der Waals surface area contributed by atoms with Crippen LogP contribution in [0, 0.1) is 5.92 Å². The third-order valence-electron chi connectivity index (χ3n) is 1.72. The van der Waals surface area contributed by atoms with Gasteiger partial charge in [0.2, 0.25) is 0 Å². The first-order chi connectivity index (χ1) is 5.02. The van der Waals surface area contributed by atoms with Crippen molar-refractivity contribution in [3.8, 4) is 0 Å². The van der Waals surface area contributed by atoms with Gasteiger partial charge in [-0.25, -0.2) is 0 Å². The average Bonchev–Trinajstić information content (AvgIpc) is 1.82. The summed E-state index contributed by atoms with van der Waals surface area (Å²) in [6.45, 7) is 9.11. The summed E-state index contributed by atoms with van der Waals surface area (Å²) >= 11 is 0. The number of rotatable bonds is 5. The zero-order valence-electron chi connectivity index (χ0n) is 8.30. The van der Waals surface area contributed by atoms with E-state index in [2.05, 4.69) is 27.2 Å². The van der Waals surface area contributed by atoms with Crippen molar-refractivity contribution in [3.63, 3.8) is 0 Å². The second kappa shape index (κ2) is 5.97. The van der Waals surface area contributed by atoms with Crippen LogP contribution in [-0.4, -0.2) is 25.5 Å². The van der Waals surface area contributed by atoms with Crippen molar-refractivity contribution in [1.82, 2.24) is 0 Å². The van der Waals surface area contributed by atoms with Crippen molar-refractivity contribution in [2.75, 3.05) is 19.5 Å². The quantitative estimate of drug-likeness (QED) is 0.638. The first-order valence-electron chi connectivity index (χ1n) is 4.42. The largest absolute Gasteiger partial charge is 0.328 e. The Bertz CT molecular complexity index is 91.6. The summed E-state index contributed by atoms with van der Waals surface area (Å²) in [7, 11) is 0.262. The summed E-state index contributed by atoms with van der Waals surface area (Å²) in [6.07, 6.45) is 3.74. The molecule has 0 bridgehead atoms. The molecule has 2 N–H and O–H groups in total.